The van der Waals surface area contributed by atoms with E-state index in [0.29, 0.717) is 22.4 Å². The number of thioether (sulfide) groups is 1. The molecule has 3 heterocycles. The third kappa shape index (κ3) is 2.83. The first-order valence-electron chi connectivity index (χ1n) is 9.54. The van der Waals surface area contributed by atoms with Crippen molar-refractivity contribution in [1.29, 1.82) is 0 Å². The summed E-state index contributed by atoms with van der Waals surface area (Å²) in [6, 6.07) is 18.1. The number of nitrogens with zero attached hydrogens (tertiary/aromatic N) is 2. The molecule has 148 valence electrons. The molecule has 1 aliphatic rings. The number of carbonyl (C=O) groups is 1. The Labute approximate surface area is 177 Å². The van der Waals surface area contributed by atoms with Crippen molar-refractivity contribution in [2.45, 2.75) is 17.9 Å². The minimum absolute atomic E-state index is 0.0842. The van der Waals surface area contributed by atoms with Gasteiger partial charge in [0.2, 0.25) is 5.76 Å². The third-order valence-electron chi connectivity index (χ3n) is 5.35. The molecule has 30 heavy (non-hydrogen) atoms. The number of pyridine rings is 1. The molecule has 1 amide bonds. The molecule has 0 saturated carbocycles. The van der Waals surface area contributed by atoms with E-state index in [1.54, 1.807) is 41.1 Å². The number of hydrogen-bond acceptors (Lipinski definition) is 5. The highest BCUT2D eigenvalue weighted by Crippen LogP contribution is 2.40. The van der Waals surface area contributed by atoms with E-state index in [-0.39, 0.29) is 17.1 Å². The van der Waals surface area contributed by atoms with Gasteiger partial charge in [-0.1, -0.05) is 29.8 Å². The lowest BCUT2D eigenvalue weighted by Crippen LogP contribution is -2.30. The molecule has 2 aromatic heterocycles. The van der Waals surface area contributed by atoms with Crippen molar-refractivity contribution in [3.63, 3.8) is 0 Å². The first-order chi connectivity index (χ1) is 14.6. The number of anilines is 1. The number of hydrogen-bond donors (Lipinski definition) is 0. The summed E-state index contributed by atoms with van der Waals surface area (Å²) in [6.45, 7) is 1.93. The zero-order valence-corrected chi connectivity index (χ0v) is 17.3. The maximum absolute atomic E-state index is 13.5. The van der Waals surface area contributed by atoms with E-state index in [2.05, 4.69) is 4.98 Å². The Kier molecular flexibility index (Phi) is 4.44. The molecule has 4 aromatic rings. The highest BCUT2D eigenvalue weighted by Gasteiger charge is 2.44. The largest absolute Gasteiger partial charge is 0.450 e. The van der Waals surface area contributed by atoms with Gasteiger partial charge >= 0.3 is 0 Å². The number of aryl methyl sites for hydroxylation is 1. The fourth-order valence-electron chi connectivity index (χ4n) is 3.92. The van der Waals surface area contributed by atoms with E-state index in [1.807, 2.05) is 55.6 Å². The Morgan fingerprint density at radius 3 is 2.53 bits per heavy atom. The quantitative estimate of drug-likeness (QED) is 0.443. The number of benzene rings is 2. The molecule has 5 nitrogen and oxygen atoms in total. The monoisotopic (exact) mass is 414 g/mol. The lowest BCUT2D eigenvalue weighted by molar-refractivity contribution is 0.0970. The molecular weight excluding hydrogens is 396 g/mol. The lowest BCUT2D eigenvalue weighted by Gasteiger charge is -2.24. The van der Waals surface area contributed by atoms with E-state index >= 15 is 0 Å². The summed E-state index contributed by atoms with van der Waals surface area (Å²) in [5.74, 6) is 0.204. The van der Waals surface area contributed by atoms with Crippen LogP contribution >= 0.6 is 11.8 Å². The molecule has 0 saturated heterocycles. The van der Waals surface area contributed by atoms with E-state index < -0.39 is 6.04 Å². The standard InChI is InChI=1S/C24H18N2O3S/c1-14-6-11-18-17(13-14)22(27)20-21(15-7-9-16(30-2)10-8-15)26(24(28)23(20)29-18)19-5-3-4-12-25-19/h3-13,21H,1-2H3. The summed E-state index contributed by atoms with van der Waals surface area (Å²) < 4.78 is 5.98. The second kappa shape index (κ2) is 7.15. The van der Waals surface area contributed by atoms with Crippen LogP contribution in [0.25, 0.3) is 11.0 Å². The summed E-state index contributed by atoms with van der Waals surface area (Å²) in [6.07, 6.45) is 3.64. The van der Waals surface area contributed by atoms with Crippen LogP contribution < -0.4 is 10.3 Å². The van der Waals surface area contributed by atoms with Crippen LogP contribution in [0, 0.1) is 6.92 Å². The molecule has 5 rings (SSSR count). The number of fused-ring (bicyclic) bond motifs is 2. The minimum atomic E-state index is -0.598. The van der Waals surface area contributed by atoms with Gasteiger partial charge < -0.3 is 4.42 Å². The number of rotatable bonds is 3. The zero-order chi connectivity index (χ0) is 20.8. The van der Waals surface area contributed by atoms with Crippen molar-refractivity contribution >= 4 is 34.5 Å². The van der Waals surface area contributed by atoms with Crippen molar-refractivity contribution in [2.24, 2.45) is 0 Å². The van der Waals surface area contributed by atoms with Gasteiger partial charge in [-0.25, -0.2) is 4.98 Å². The van der Waals surface area contributed by atoms with Crippen molar-refractivity contribution in [3.05, 3.63) is 99.5 Å². The SMILES string of the molecule is CSc1ccc(C2c3c(oc4ccc(C)cc4c3=O)C(=O)N2c2ccccn2)cc1. The molecule has 0 bridgehead atoms. The Hall–Kier alpha value is -3.38. The fourth-order valence-corrected chi connectivity index (χ4v) is 4.33. The number of amides is 1. The van der Waals surface area contributed by atoms with Gasteiger partial charge in [0.05, 0.1) is 17.0 Å². The van der Waals surface area contributed by atoms with E-state index in [1.165, 1.54) is 0 Å². The van der Waals surface area contributed by atoms with Crippen molar-refractivity contribution in [1.82, 2.24) is 4.98 Å². The average Bonchev–Trinajstić information content (AvgIpc) is 3.07. The van der Waals surface area contributed by atoms with E-state index in [4.69, 9.17) is 4.42 Å². The summed E-state index contributed by atoms with van der Waals surface area (Å²) in [4.78, 5) is 34.0. The summed E-state index contributed by atoms with van der Waals surface area (Å²) in [5, 5.41) is 0.482. The van der Waals surface area contributed by atoms with Gasteiger partial charge in [-0.05, 0) is 55.1 Å². The highest BCUT2D eigenvalue weighted by molar-refractivity contribution is 7.98. The molecular formula is C24H18N2O3S. The number of carbonyl (C=O) groups excluding carboxylic acids is 1. The molecule has 2 aromatic carbocycles. The van der Waals surface area contributed by atoms with Gasteiger partial charge in [0.15, 0.2) is 5.43 Å². The Balaban J connectivity index is 1.80. The van der Waals surface area contributed by atoms with Gasteiger partial charge in [0, 0.05) is 11.1 Å². The summed E-state index contributed by atoms with van der Waals surface area (Å²) in [5.41, 5.74) is 2.39. The predicted molar refractivity (Wildman–Crippen MR) is 118 cm³/mol. The second-order valence-electron chi connectivity index (χ2n) is 7.21. The Morgan fingerprint density at radius 2 is 1.83 bits per heavy atom. The molecule has 1 atom stereocenters. The molecule has 1 unspecified atom stereocenters. The van der Waals surface area contributed by atoms with E-state index in [0.717, 1.165) is 16.0 Å². The molecule has 1 aliphatic heterocycles. The fraction of sp³-hybridized carbons (Fsp3) is 0.125. The van der Waals surface area contributed by atoms with Crippen LogP contribution in [-0.4, -0.2) is 17.1 Å². The van der Waals surface area contributed by atoms with Gasteiger partial charge in [0.1, 0.15) is 11.4 Å². The molecule has 0 radical (unpaired) electrons. The van der Waals surface area contributed by atoms with Crippen LogP contribution in [0.15, 0.2) is 81.0 Å². The molecule has 0 aliphatic carbocycles. The smallest absolute Gasteiger partial charge is 0.296 e. The van der Waals surface area contributed by atoms with Crippen molar-refractivity contribution in [3.8, 4) is 0 Å². The predicted octanol–water partition coefficient (Wildman–Crippen LogP) is 4.97. The zero-order valence-electron chi connectivity index (χ0n) is 16.5. The molecule has 0 N–H and O–H groups in total. The summed E-state index contributed by atoms with van der Waals surface area (Å²) >= 11 is 1.64. The van der Waals surface area contributed by atoms with Gasteiger partial charge in [-0.3, -0.25) is 14.5 Å². The second-order valence-corrected chi connectivity index (χ2v) is 8.09. The maximum atomic E-state index is 13.5. The van der Waals surface area contributed by atoms with Gasteiger partial charge in [0.25, 0.3) is 5.91 Å². The van der Waals surface area contributed by atoms with Crippen LogP contribution in [0.4, 0.5) is 5.82 Å². The van der Waals surface area contributed by atoms with Gasteiger partial charge in [-0.15, -0.1) is 11.8 Å². The van der Waals surface area contributed by atoms with Crippen LogP contribution in [0.3, 0.4) is 0 Å². The van der Waals surface area contributed by atoms with Crippen molar-refractivity contribution < 1.29 is 9.21 Å². The van der Waals surface area contributed by atoms with Crippen LogP contribution in [-0.2, 0) is 0 Å². The minimum Gasteiger partial charge on any atom is -0.450 e. The normalized spacial score (nSPS) is 15.6. The Bertz CT molecular complexity index is 1330. The third-order valence-corrected chi connectivity index (χ3v) is 6.10. The van der Waals surface area contributed by atoms with Crippen molar-refractivity contribution in [2.75, 3.05) is 11.2 Å². The van der Waals surface area contributed by atoms with Crippen LogP contribution in [0.2, 0.25) is 0 Å². The first kappa shape index (κ1) is 18.6. The average molecular weight is 414 g/mol. The first-order valence-corrected chi connectivity index (χ1v) is 10.8. The van der Waals surface area contributed by atoms with E-state index in [9.17, 15) is 9.59 Å². The topological polar surface area (TPSA) is 63.4 Å². The molecule has 0 spiro atoms. The van der Waals surface area contributed by atoms with Crippen LogP contribution in [0.5, 0.6) is 0 Å². The van der Waals surface area contributed by atoms with Crippen LogP contribution in [0.1, 0.15) is 33.3 Å². The van der Waals surface area contributed by atoms with Gasteiger partial charge in [-0.2, -0.15) is 0 Å². The summed E-state index contributed by atoms with van der Waals surface area (Å²) in [7, 11) is 0. The molecule has 0 fully saturated rings. The Morgan fingerprint density at radius 1 is 1.03 bits per heavy atom. The highest BCUT2D eigenvalue weighted by atomic mass is 32.2. The number of aromatic nitrogens is 1. The maximum Gasteiger partial charge on any atom is 0.296 e. The lowest BCUT2D eigenvalue weighted by atomic mass is 9.98. The molecule has 6 heteroatoms.